The minimum Gasteiger partial charge on any atom is -0.444 e. The van der Waals surface area contributed by atoms with Crippen molar-refractivity contribution in [1.82, 2.24) is 25.2 Å². The van der Waals surface area contributed by atoms with E-state index < -0.39 is 29.4 Å². The van der Waals surface area contributed by atoms with Crippen molar-refractivity contribution in [3.63, 3.8) is 0 Å². The normalized spacial score (nSPS) is 21.4. The first-order valence-corrected chi connectivity index (χ1v) is 11.0. The second kappa shape index (κ2) is 9.05. The lowest BCUT2D eigenvalue weighted by Gasteiger charge is -2.37. The van der Waals surface area contributed by atoms with Gasteiger partial charge in [-0.2, -0.15) is 4.68 Å². The summed E-state index contributed by atoms with van der Waals surface area (Å²) in [7, 11) is 0. The van der Waals surface area contributed by atoms with Gasteiger partial charge in [0.1, 0.15) is 22.9 Å². The fourth-order valence-corrected chi connectivity index (χ4v) is 4.33. The molecule has 11 heteroatoms. The van der Waals surface area contributed by atoms with Gasteiger partial charge in [-0.15, -0.1) is 5.10 Å². The van der Waals surface area contributed by atoms with Gasteiger partial charge < -0.3 is 19.9 Å². The molecule has 2 saturated heterocycles. The first-order chi connectivity index (χ1) is 15.6. The Labute approximate surface area is 190 Å². The molecule has 178 valence electrons. The Morgan fingerprint density at radius 2 is 1.79 bits per heavy atom. The summed E-state index contributed by atoms with van der Waals surface area (Å²) >= 11 is 0. The van der Waals surface area contributed by atoms with E-state index in [1.165, 1.54) is 29.4 Å². The summed E-state index contributed by atoms with van der Waals surface area (Å²) in [6.45, 7) is 7.09. The lowest BCUT2D eigenvalue weighted by molar-refractivity contribution is 0.0240. The molecule has 1 N–H and O–H groups in total. The van der Waals surface area contributed by atoms with Gasteiger partial charge in [0.05, 0.1) is 18.4 Å². The fraction of sp³-hybridized carbons (Fsp3) is 0.545. The molecule has 1 aromatic carbocycles. The van der Waals surface area contributed by atoms with Crippen LogP contribution in [0.4, 0.5) is 19.3 Å². The van der Waals surface area contributed by atoms with Gasteiger partial charge in [-0.3, -0.25) is 4.79 Å². The number of amides is 1. The molecule has 1 aromatic heterocycles. The SMILES string of the molecule is CC(C)(C)OC(=O)N1CCN(c2c(F)cc([C@H]3CCN[C@H]3C(=O)n3ccnn3)cc2F)CC1. The molecule has 3 heterocycles. The highest BCUT2D eigenvalue weighted by Crippen LogP contribution is 2.34. The standard InChI is InChI=1S/C22H28F2N6O3/c1-22(2,3)33-21(32)29-10-8-28(9-11-29)19-16(23)12-14(13-17(19)24)15-4-5-25-18(15)20(31)30-7-6-26-27-30/h6-7,12-13,15,18,25H,4-5,8-11H2,1-3H3/t15-,18-/m1/s1. The van der Waals surface area contributed by atoms with E-state index in [0.29, 0.717) is 31.6 Å². The zero-order valence-electron chi connectivity index (χ0n) is 18.9. The van der Waals surface area contributed by atoms with Gasteiger partial charge in [-0.05, 0) is 51.4 Å². The number of ether oxygens (including phenoxy) is 1. The van der Waals surface area contributed by atoms with Gasteiger partial charge in [0, 0.05) is 32.1 Å². The smallest absolute Gasteiger partial charge is 0.410 e. The molecule has 2 aliphatic heterocycles. The van der Waals surface area contributed by atoms with Crippen LogP contribution in [-0.2, 0) is 4.74 Å². The summed E-state index contributed by atoms with van der Waals surface area (Å²) in [6, 6.07) is 1.96. The van der Waals surface area contributed by atoms with Crippen LogP contribution in [0.2, 0.25) is 0 Å². The highest BCUT2D eigenvalue weighted by atomic mass is 19.1. The van der Waals surface area contributed by atoms with Crippen LogP contribution in [0.3, 0.4) is 0 Å². The van der Waals surface area contributed by atoms with Gasteiger partial charge >= 0.3 is 6.09 Å². The maximum Gasteiger partial charge on any atom is 0.410 e. The van der Waals surface area contributed by atoms with Crippen LogP contribution in [0.15, 0.2) is 24.5 Å². The van der Waals surface area contributed by atoms with E-state index in [2.05, 4.69) is 15.6 Å². The van der Waals surface area contributed by atoms with E-state index in [4.69, 9.17) is 4.74 Å². The zero-order valence-corrected chi connectivity index (χ0v) is 18.9. The Bertz CT molecular complexity index is 993. The van der Waals surface area contributed by atoms with E-state index in [-0.39, 0.29) is 30.6 Å². The quantitative estimate of drug-likeness (QED) is 0.749. The minimum atomic E-state index is -0.686. The van der Waals surface area contributed by atoms with E-state index >= 15 is 8.78 Å². The van der Waals surface area contributed by atoms with Gasteiger partial charge in [-0.25, -0.2) is 13.6 Å². The van der Waals surface area contributed by atoms with Crippen LogP contribution < -0.4 is 10.2 Å². The molecular formula is C22H28F2N6O3. The highest BCUT2D eigenvalue weighted by Gasteiger charge is 2.36. The third-order valence-corrected chi connectivity index (χ3v) is 5.85. The van der Waals surface area contributed by atoms with Crippen molar-refractivity contribution in [3.8, 4) is 0 Å². The highest BCUT2D eigenvalue weighted by molar-refractivity contribution is 5.85. The van der Waals surface area contributed by atoms with Gasteiger partial charge in [0.2, 0.25) is 0 Å². The topological polar surface area (TPSA) is 92.6 Å². The average molecular weight is 463 g/mol. The number of nitrogens with zero attached hydrogens (tertiary/aromatic N) is 5. The van der Waals surface area contributed by atoms with Crippen LogP contribution in [-0.4, -0.2) is 76.3 Å². The number of nitrogens with one attached hydrogen (secondary N) is 1. The van der Waals surface area contributed by atoms with Crippen LogP contribution in [0.25, 0.3) is 0 Å². The number of hydrogen-bond acceptors (Lipinski definition) is 7. The van der Waals surface area contributed by atoms with Gasteiger partial charge in [0.25, 0.3) is 5.91 Å². The van der Waals surface area contributed by atoms with Crippen molar-refractivity contribution >= 4 is 17.7 Å². The first-order valence-electron chi connectivity index (χ1n) is 11.0. The molecule has 33 heavy (non-hydrogen) atoms. The molecule has 1 amide bonds. The van der Waals surface area contributed by atoms with E-state index in [0.717, 1.165) is 4.68 Å². The summed E-state index contributed by atoms with van der Waals surface area (Å²) in [5.41, 5.74) is -0.304. The molecule has 2 aromatic rings. The third kappa shape index (κ3) is 4.97. The summed E-state index contributed by atoms with van der Waals surface area (Å²) < 4.78 is 36.7. The van der Waals surface area contributed by atoms with Gasteiger partial charge in [-0.1, -0.05) is 5.21 Å². The summed E-state index contributed by atoms with van der Waals surface area (Å²) in [5, 5.41) is 10.5. The Hall–Kier alpha value is -3.08. The van der Waals surface area contributed by atoms with Crippen molar-refractivity contribution < 1.29 is 23.1 Å². The van der Waals surface area contributed by atoms with Gasteiger partial charge in [0.15, 0.2) is 0 Å². The molecule has 0 unspecified atom stereocenters. The summed E-state index contributed by atoms with van der Waals surface area (Å²) in [5.74, 6) is -2.08. The predicted molar refractivity (Wildman–Crippen MR) is 116 cm³/mol. The number of aromatic nitrogens is 3. The number of benzene rings is 1. The summed E-state index contributed by atoms with van der Waals surface area (Å²) in [6.07, 6.45) is 2.98. The van der Waals surface area contributed by atoms with Crippen LogP contribution in [0.1, 0.15) is 43.5 Å². The second-order valence-corrected chi connectivity index (χ2v) is 9.30. The monoisotopic (exact) mass is 462 g/mol. The number of piperazine rings is 1. The molecule has 0 spiro atoms. The van der Waals surface area contributed by atoms with Crippen LogP contribution in [0.5, 0.6) is 0 Å². The number of halogens is 2. The number of carbonyl (C=O) groups is 2. The molecule has 2 aliphatic rings. The maximum atomic E-state index is 15.1. The predicted octanol–water partition coefficient (Wildman–Crippen LogP) is 2.40. The van der Waals surface area contributed by atoms with Crippen molar-refractivity contribution in [2.45, 2.75) is 44.8 Å². The molecule has 0 saturated carbocycles. The minimum absolute atomic E-state index is 0.118. The maximum absolute atomic E-state index is 15.1. The molecule has 2 fully saturated rings. The Kier molecular flexibility index (Phi) is 6.33. The third-order valence-electron chi connectivity index (χ3n) is 5.85. The van der Waals surface area contributed by atoms with E-state index in [1.54, 1.807) is 25.7 Å². The largest absolute Gasteiger partial charge is 0.444 e. The van der Waals surface area contributed by atoms with Crippen molar-refractivity contribution in [3.05, 3.63) is 41.7 Å². The first kappa shape index (κ1) is 23.1. The summed E-state index contributed by atoms with van der Waals surface area (Å²) in [4.78, 5) is 28.1. The Morgan fingerprint density at radius 1 is 1.12 bits per heavy atom. The van der Waals surface area contributed by atoms with Crippen LogP contribution >= 0.6 is 0 Å². The lowest BCUT2D eigenvalue weighted by Crippen LogP contribution is -2.50. The number of hydrogen-bond donors (Lipinski definition) is 1. The van der Waals surface area contributed by atoms with Crippen molar-refractivity contribution in [1.29, 1.82) is 0 Å². The fourth-order valence-electron chi connectivity index (χ4n) is 4.33. The molecule has 2 atom stereocenters. The molecule has 4 rings (SSSR count). The van der Waals surface area contributed by atoms with Crippen molar-refractivity contribution in [2.24, 2.45) is 0 Å². The average Bonchev–Trinajstić information content (AvgIpc) is 3.44. The van der Waals surface area contributed by atoms with Crippen LogP contribution in [0, 0.1) is 11.6 Å². The Balaban J connectivity index is 1.47. The molecule has 0 bridgehead atoms. The van der Waals surface area contributed by atoms with E-state index in [1.807, 2.05) is 0 Å². The van der Waals surface area contributed by atoms with E-state index in [9.17, 15) is 9.59 Å². The number of anilines is 1. The Morgan fingerprint density at radius 3 is 2.36 bits per heavy atom. The van der Waals surface area contributed by atoms with Crippen molar-refractivity contribution in [2.75, 3.05) is 37.6 Å². The second-order valence-electron chi connectivity index (χ2n) is 9.30. The molecule has 9 nitrogen and oxygen atoms in total. The molecular weight excluding hydrogens is 434 g/mol. The lowest BCUT2D eigenvalue weighted by atomic mass is 9.91. The zero-order chi connectivity index (χ0) is 23.8. The molecule has 0 radical (unpaired) electrons. The number of rotatable bonds is 3. The number of carbonyl (C=O) groups excluding carboxylic acids is 2. The molecule has 0 aliphatic carbocycles.